The minimum absolute atomic E-state index is 0.0665. The van der Waals surface area contributed by atoms with Crippen LogP contribution in [0.3, 0.4) is 0 Å². The summed E-state index contributed by atoms with van der Waals surface area (Å²) in [5.41, 5.74) is 5.80. The normalized spacial score (nSPS) is 10.1. The van der Waals surface area contributed by atoms with Crippen LogP contribution in [0.4, 0.5) is 5.69 Å². The molecule has 1 amide bonds. The lowest BCUT2D eigenvalue weighted by Crippen LogP contribution is -2.24. The number of aromatic nitrogens is 1. The number of methoxy groups -OCH3 is 1. The van der Waals surface area contributed by atoms with Crippen LogP contribution in [-0.4, -0.2) is 18.0 Å². The highest BCUT2D eigenvalue weighted by molar-refractivity contribution is 5.99. The molecule has 2 aromatic carbocycles. The monoisotopic (exact) mass is 388 g/mol. The van der Waals surface area contributed by atoms with Gasteiger partial charge in [-0.3, -0.25) is 14.6 Å². The number of carbonyl (C=O) groups excluding carboxylic acids is 1. The molecule has 3 rings (SSSR count). The molecule has 7 nitrogen and oxygen atoms in total. The third-order valence-electron chi connectivity index (χ3n) is 4.21. The van der Waals surface area contributed by atoms with Crippen LogP contribution in [0.5, 0.6) is 5.75 Å². The smallest absolute Gasteiger partial charge is 0.276 e. The van der Waals surface area contributed by atoms with E-state index in [9.17, 15) is 4.79 Å². The van der Waals surface area contributed by atoms with Gasteiger partial charge >= 0.3 is 0 Å². The minimum Gasteiger partial charge on any atom is -0.496 e. The van der Waals surface area contributed by atoms with Gasteiger partial charge in [0.2, 0.25) is 0 Å². The van der Waals surface area contributed by atoms with E-state index in [0.717, 1.165) is 5.56 Å². The number of nitrogens with zero attached hydrogens (tertiary/aromatic N) is 2. The summed E-state index contributed by atoms with van der Waals surface area (Å²) in [5.74, 6) is 0.205. The summed E-state index contributed by atoms with van der Waals surface area (Å²) in [7, 11) is 1.54. The molecule has 3 aromatic rings. The fourth-order valence-electron chi connectivity index (χ4n) is 2.73. The average molecular weight is 388 g/mol. The first-order chi connectivity index (χ1) is 14.2. The zero-order chi connectivity index (χ0) is 20.5. The Morgan fingerprint density at radius 3 is 2.69 bits per heavy atom. The molecule has 146 valence electrons. The van der Waals surface area contributed by atoms with Gasteiger partial charge < -0.3 is 10.1 Å². The Hall–Kier alpha value is -3.89. The SMILES string of the molecule is COc1ccc(C#N)cc1CONC(=O)c1ccccc1NCc1ccncc1. The van der Waals surface area contributed by atoms with Crippen LogP contribution in [0.2, 0.25) is 0 Å². The molecule has 0 fully saturated rings. The van der Waals surface area contributed by atoms with E-state index < -0.39 is 0 Å². The van der Waals surface area contributed by atoms with E-state index in [2.05, 4.69) is 21.9 Å². The Labute approximate surface area is 168 Å². The molecule has 0 spiro atoms. The van der Waals surface area contributed by atoms with Crippen LogP contribution < -0.4 is 15.5 Å². The molecule has 0 radical (unpaired) electrons. The quantitative estimate of drug-likeness (QED) is 0.574. The molecule has 0 aliphatic rings. The number of anilines is 1. The van der Waals surface area contributed by atoms with Gasteiger partial charge in [-0.05, 0) is 48.0 Å². The highest BCUT2D eigenvalue weighted by Gasteiger charge is 2.12. The number of hydrogen-bond donors (Lipinski definition) is 2. The highest BCUT2D eigenvalue weighted by atomic mass is 16.7. The lowest BCUT2D eigenvalue weighted by molar-refractivity contribution is 0.0227. The minimum atomic E-state index is -0.377. The van der Waals surface area contributed by atoms with Gasteiger partial charge in [0.15, 0.2) is 0 Å². The van der Waals surface area contributed by atoms with E-state index in [1.54, 1.807) is 42.7 Å². The summed E-state index contributed by atoms with van der Waals surface area (Å²) in [6.45, 7) is 0.628. The molecular weight excluding hydrogens is 368 g/mol. The number of amides is 1. The fourth-order valence-corrected chi connectivity index (χ4v) is 2.73. The van der Waals surface area contributed by atoms with Gasteiger partial charge in [-0.25, -0.2) is 5.48 Å². The van der Waals surface area contributed by atoms with Crippen molar-refractivity contribution in [1.82, 2.24) is 10.5 Å². The van der Waals surface area contributed by atoms with Crippen molar-refractivity contribution in [2.24, 2.45) is 0 Å². The Balaban J connectivity index is 1.62. The standard InChI is InChI=1S/C22H20N4O3/c1-28-21-7-6-17(13-23)12-18(21)15-29-26-22(27)19-4-2-3-5-20(19)25-14-16-8-10-24-11-9-16/h2-12,25H,14-15H2,1H3,(H,26,27). The number of pyridine rings is 1. The zero-order valence-electron chi connectivity index (χ0n) is 15.9. The molecule has 1 aromatic heterocycles. The van der Waals surface area contributed by atoms with Crippen molar-refractivity contribution in [3.63, 3.8) is 0 Å². The number of benzene rings is 2. The second-order valence-electron chi connectivity index (χ2n) is 6.11. The summed E-state index contributed by atoms with van der Waals surface area (Å²) in [5, 5.41) is 12.3. The predicted molar refractivity (Wildman–Crippen MR) is 108 cm³/mol. The van der Waals surface area contributed by atoms with Crippen LogP contribution in [-0.2, 0) is 18.0 Å². The van der Waals surface area contributed by atoms with Crippen LogP contribution in [0, 0.1) is 11.3 Å². The third-order valence-corrected chi connectivity index (χ3v) is 4.21. The largest absolute Gasteiger partial charge is 0.496 e. The van der Waals surface area contributed by atoms with Gasteiger partial charge in [-0.2, -0.15) is 5.26 Å². The molecule has 29 heavy (non-hydrogen) atoms. The number of hydroxylamine groups is 1. The van der Waals surface area contributed by atoms with E-state index in [1.165, 1.54) is 7.11 Å². The predicted octanol–water partition coefficient (Wildman–Crippen LogP) is 3.44. The molecule has 0 atom stereocenters. The van der Waals surface area contributed by atoms with Gasteiger partial charge in [0.05, 0.1) is 24.3 Å². The van der Waals surface area contributed by atoms with Crippen LogP contribution in [0.15, 0.2) is 67.0 Å². The van der Waals surface area contributed by atoms with Gasteiger partial charge in [-0.1, -0.05) is 12.1 Å². The van der Waals surface area contributed by atoms with E-state index in [0.29, 0.717) is 34.7 Å². The number of nitriles is 1. The van der Waals surface area contributed by atoms with Crippen molar-refractivity contribution in [1.29, 1.82) is 5.26 Å². The summed E-state index contributed by atoms with van der Waals surface area (Å²) in [4.78, 5) is 21.9. The molecule has 1 heterocycles. The maximum absolute atomic E-state index is 12.6. The van der Waals surface area contributed by atoms with Crippen molar-refractivity contribution in [2.75, 3.05) is 12.4 Å². The summed E-state index contributed by atoms with van der Waals surface area (Å²) in [6.07, 6.45) is 3.44. The first-order valence-electron chi connectivity index (χ1n) is 8.92. The molecular formula is C22H20N4O3. The maximum atomic E-state index is 12.6. The van der Waals surface area contributed by atoms with E-state index in [4.69, 9.17) is 14.8 Å². The number of rotatable bonds is 8. The van der Waals surface area contributed by atoms with Gasteiger partial charge in [0, 0.05) is 30.2 Å². The Morgan fingerprint density at radius 2 is 1.93 bits per heavy atom. The molecule has 0 bridgehead atoms. The van der Waals surface area contributed by atoms with Gasteiger partial charge in [0.25, 0.3) is 5.91 Å². The lowest BCUT2D eigenvalue weighted by atomic mass is 10.1. The van der Waals surface area contributed by atoms with Crippen LogP contribution in [0.1, 0.15) is 27.0 Å². The first kappa shape index (κ1) is 19.9. The molecule has 0 aliphatic carbocycles. The second kappa shape index (κ2) is 9.88. The van der Waals surface area contributed by atoms with E-state index in [1.807, 2.05) is 24.3 Å². The molecule has 7 heteroatoms. The number of carbonyl (C=O) groups is 1. The highest BCUT2D eigenvalue weighted by Crippen LogP contribution is 2.21. The average Bonchev–Trinajstić information content (AvgIpc) is 2.78. The van der Waals surface area contributed by atoms with Gasteiger partial charge in [-0.15, -0.1) is 0 Å². The molecule has 0 aliphatic heterocycles. The summed E-state index contributed by atoms with van der Waals surface area (Å²) >= 11 is 0. The topological polar surface area (TPSA) is 96.3 Å². The molecule has 0 saturated carbocycles. The number of hydrogen-bond acceptors (Lipinski definition) is 6. The van der Waals surface area contributed by atoms with Crippen molar-refractivity contribution >= 4 is 11.6 Å². The van der Waals surface area contributed by atoms with Gasteiger partial charge in [0.1, 0.15) is 12.4 Å². The summed E-state index contributed by atoms with van der Waals surface area (Å²) in [6, 6.07) is 18.1. The third kappa shape index (κ3) is 5.31. The molecule has 0 saturated heterocycles. The Bertz CT molecular complexity index is 1020. The van der Waals surface area contributed by atoms with E-state index >= 15 is 0 Å². The number of ether oxygens (including phenoxy) is 1. The van der Waals surface area contributed by atoms with Crippen molar-refractivity contribution < 1.29 is 14.4 Å². The molecule has 2 N–H and O–H groups in total. The van der Waals surface area contributed by atoms with Crippen molar-refractivity contribution in [2.45, 2.75) is 13.2 Å². The van der Waals surface area contributed by atoms with Crippen LogP contribution in [0.25, 0.3) is 0 Å². The van der Waals surface area contributed by atoms with E-state index in [-0.39, 0.29) is 12.5 Å². The Morgan fingerprint density at radius 1 is 1.14 bits per heavy atom. The Kier molecular flexibility index (Phi) is 6.76. The lowest BCUT2D eigenvalue weighted by Gasteiger charge is -2.13. The maximum Gasteiger partial charge on any atom is 0.276 e. The summed E-state index contributed by atoms with van der Waals surface area (Å²) < 4.78 is 5.26. The fraction of sp³-hybridized carbons (Fsp3) is 0.136. The zero-order valence-corrected chi connectivity index (χ0v) is 15.9. The second-order valence-corrected chi connectivity index (χ2v) is 6.11. The van der Waals surface area contributed by atoms with Crippen molar-refractivity contribution in [3.8, 4) is 11.8 Å². The van der Waals surface area contributed by atoms with Crippen LogP contribution >= 0.6 is 0 Å². The number of para-hydroxylation sites is 1. The van der Waals surface area contributed by atoms with Crippen molar-refractivity contribution in [3.05, 3.63) is 89.2 Å². The molecule has 0 unspecified atom stereocenters. The first-order valence-corrected chi connectivity index (χ1v) is 8.92. The number of nitrogens with one attached hydrogen (secondary N) is 2.